The average Bonchev–Trinajstić information content (AvgIpc) is 2.61. The molecule has 0 aromatic carbocycles. The summed E-state index contributed by atoms with van der Waals surface area (Å²) in [7, 11) is 0. The summed E-state index contributed by atoms with van der Waals surface area (Å²) in [5.74, 6) is 4.15. The van der Waals surface area contributed by atoms with Crippen LogP contribution in [-0.2, 0) is 9.53 Å². The zero-order chi connectivity index (χ0) is 14.5. The van der Waals surface area contributed by atoms with Gasteiger partial charge in [0.05, 0.1) is 11.1 Å². The molecule has 2 N–H and O–H groups in total. The van der Waals surface area contributed by atoms with Crippen molar-refractivity contribution in [2.75, 3.05) is 5.32 Å². The van der Waals surface area contributed by atoms with Crippen LogP contribution in [0.15, 0.2) is 6.20 Å². The monoisotopic (exact) mass is 282 g/mol. The van der Waals surface area contributed by atoms with Crippen LogP contribution >= 0.6 is 11.3 Å². The van der Waals surface area contributed by atoms with Gasteiger partial charge in [-0.2, -0.15) is 0 Å². The fraction of sp³-hybridized carbons (Fsp3) is 0.417. The van der Waals surface area contributed by atoms with Crippen molar-refractivity contribution in [2.24, 2.45) is 0 Å². The van der Waals surface area contributed by atoms with E-state index in [1.165, 1.54) is 6.20 Å². The molecule has 6 nitrogen and oxygen atoms in total. The molecule has 1 aromatic heterocycles. The van der Waals surface area contributed by atoms with Gasteiger partial charge in [-0.15, -0.1) is 0 Å². The number of nitrogens with one attached hydrogen (secondary N) is 1. The Morgan fingerprint density at radius 2 is 2.21 bits per heavy atom. The number of carboxylic acids is 1. The highest BCUT2D eigenvalue weighted by atomic mass is 32.1. The molecule has 0 saturated carbocycles. The second-order valence-corrected chi connectivity index (χ2v) is 5.56. The van der Waals surface area contributed by atoms with Gasteiger partial charge in [0.25, 0.3) is 0 Å². The van der Waals surface area contributed by atoms with Crippen molar-refractivity contribution < 1.29 is 19.4 Å². The summed E-state index contributed by atoms with van der Waals surface area (Å²) < 4.78 is 5.07. The predicted molar refractivity (Wildman–Crippen MR) is 71.1 cm³/mol. The molecule has 1 heterocycles. The predicted octanol–water partition coefficient (Wildman–Crippen LogP) is 2.32. The van der Waals surface area contributed by atoms with Crippen LogP contribution < -0.4 is 5.32 Å². The van der Waals surface area contributed by atoms with Crippen LogP contribution in [0, 0.1) is 11.8 Å². The lowest BCUT2D eigenvalue weighted by Crippen LogP contribution is -2.27. The Kier molecular flexibility index (Phi) is 4.89. The van der Waals surface area contributed by atoms with Crippen LogP contribution in [0.25, 0.3) is 0 Å². The third-order valence-electron chi connectivity index (χ3n) is 1.56. The van der Waals surface area contributed by atoms with Crippen LogP contribution in [0.1, 0.15) is 32.1 Å². The Bertz CT molecular complexity index is 534. The van der Waals surface area contributed by atoms with E-state index in [1.54, 1.807) is 20.8 Å². The first-order chi connectivity index (χ1) is 8.76. The van der Waals surface area contributed by atoms with Crippen molar-refractivity contribution in [3.8, 4) is 11.8 Å². The maximum atomic E-state index is 11.5. The van der Waals surface area contributed by atoms with E-state index in [2.05, 4.69) is 22.1 Å². The largest absolute Gasteiger partial charge is 0.481 e. The molecular weight excluding hydrogens is 268 g/mol. The summed E-state index contributed by atoms with van der Waals surface area (Å²) in [4.78, 5) is 26.3. The summed E-state index contributed by atoms with van der Waals surface area (Å²) in [5, 5.41) is 11.3. The minimum atomic E-state index is -0.982. The van der Waals surface area contributed by atoms with Gasteiger partial charge in [0.2, 0.25) is 0 Å². The Hall–Kier alpha value is -2.07. The second-order valence-electron chi connectivity index (χ2n) is 4.53. The molecule has 0 atom stereocenters. The number of nitrogens with zero attached hydrogens (tertiary/aromatic N) is 1. The van der Waals surface area contributed by atoms with Crippen molar-refractivity contribution in [1.82, 2.24) is 4.98 Å². The molecule has 0 fully saturated rings. The van der Waals surface area contributed by atoms with Crippen LogP contribution in [0.2, 0.25) is 0 Å². The molecule has 1 aromatic rings. The van der Waals surface area contributed by atoms with Gasteiger partial charge in [-0.25, -0.2) is 9.78 Å². The highest BCUT2D eigenvalue weighted by Crippen LogP contribution is 2.18. The van der Waals surface area contributed by atoms with Crippen LogP contribution in [0.3, 0.4) is 0 Å². The number of aromatic nitrogens is 1. The van der Waals surface area contributed by atoms with Gasteiger partial charge in [-0.3, -0.25) is 10.1 Å². The molecule has 0 aliphatic carbocycles. The van der Waals surface area contributed by atoms with Gasteiger partial charge in [-0.1, -0.05) is 23.2 Å². The molecule has 1 rings (SSSR count). The SMILES string of the molecule is CC(C)(C)OC(=O)Nc1ncc(C#CCC(=O)O)s1. The molecule has 0 radical (unpaired) electrons. The lowest BCUT2D eigenvalue weighted by Gasteiger charge is -2.18. The van der Waals surface area contributed by atoms with E-state index in [4.69, 9.17) is 9.84 Å². The summed E-state index contributed by atoms with van der Waals surface area (Å²) in [6, 6.07) is 0. The maximum Gasteiger partial charge on any atom is 0.413 e. The first kappa shape index (κ1) is 15.0. The molecule has 0 bridgehead atoms. The zero-order valence-corrected chi connectivity index (χ0v) is 11.6. The number of thiazole rings is 1. The summed E-state index contributed by atoms with van der Waals surface area (Å²) in [6.07, 6.45) is 0.644. The third-order valence-corrected chi connectivity index (χ3v) is 2.39. The molecule has 0 aliphatic heterocycles. The normalized spacial score (nSPS) is 10.3. The first-order valence-corrected chi connectivity index (χ1v) is 6.24. The van der Waals surface area contributed by atoms with Crippen molar-refractivity contribution in [3.63, 3.8) is 0 Å². The summed E-state index contributed by atoms with van der Waals surface area (Å²) in [5.41, 5.74) is -0.578. The van der Waals surface area contributed by atoms with E-state index in [9.17, 15) is 9.59 Å². The van der Waals surface area contributed by atoms with Crippen molar-refractivity contribution >= 4 is 28.5 Å². The number of carbonyl (C=O) groups excluding carboxylic acids is 1. The Labute approximate surface area is 114 Å². The fourth-order valence-corrected chi connectivity index (χ4v) is 1.66. The van der Waals surface area contributed by atoms with E-state index in [1.807, 2.05) is 0 Å². The van der Waals surface area contributed by atoms with E-state index >= 15 is 0 Å². The summed E-state index contributed by atoms with van der Waals surface area (Å²) >= 11 is 1.15. The molecule has 0 aliphatic rings. The van der Waals surface area contributed by atoms with E-state index in [0.29, 0.717) is 10.0 Å². The van der Waals surface area contributed by atoms with Gasteiger partial charge in [0.15, 0.2) is 5.13 Å². The fourth-order valence-electron chi connectivity index (χ4n) is 0.988. The molecule has 0 spiro atoms. The molecule has 19 heavy (non-hydrogen) atoms. The number of hydrogen-bond donors (Lipinski definition) is 2. The molecule has 1 amide bonds. The number of anilines is 1. The number of carbonyl (C=O) groups is 2. The first-order valence-electron chi connectivity index (χ1n) is 5.43. The van der Waals surface area contributed by atoms with E-state index in [-0.39, 0.29) is 6.42 Å². The van der Waals surface area contributed by atoms with Crippen LogP contribution in [-0.4, -0.2) is 27.8 Å². The highest BCUT2D eigenvalue weighted by Gasteiger charge is 2.17. The third kappa shape index (κ3) is 6.43. The zero-order valence-electron chi connectivity index (χ0n) is 10.8. The van der Waals surface area contributed by atoms with Crippen molar-refractivity contribution in [1.29, 1.82) is 0 Å². The number of ether oxygens (including phenoxy) is 1. The van der Waals surface area contributed by atoms with E-state index in [0.717, 1.165) is 11.3 Å². The standard InChI is InChI=1S/C12H14N2O4S/c1-12(2,3)18-11(17)14-10-13-7-8(19-10)5-4-6-9(15)16/h7H,6H2,1-3H3,(H,15,16)(H,13,14,17). The Morgan fingerprint density at radius 3 is 2.79 bits per heavy atom. The second kappa shape index (κ2) is 6.20. The van der Waals surface area contributed by atoms with E-state index < -0.39 is 17.7 Å². The van der Waals surface area contributed by atoms with Crippen LogP contribution in [0.5, 0.6) is 0 Å². The van der Waals surface area contributed by atoms with Gasteiger partial charge in [0, 0.05) is 0 Å². The number of aliphatic carboxylic acids is 1. The minimum Gasteiger partial charge on any atom is -0.481 e. The van der Waals surface area contributed by atoms with Gasteiger partial charge >= 0.3 is 12.1 Å². The number of rotatable bonds is 2. The molecule has 0 saturated heterocycles. The molecular formula is C12H14N2O4S. The number of amides is 1. The minimum absolute atomic E-state index is 0.229. The molecule has 7 heteroatoms. The Balaban J connectivity index is 2.57. The topological polar surface area (TPSA) is 88.5 Å². The van der Waals surface area contributed by atoms with Crippen molar-refractivity contribution in [3.05, 3.63) is 11.1 Å². The smallest absolute Gasteiger partial charge is 0.413 e. The maximum absolute atomic E-state index is 11.5. The lowest BCUT2D eigenvalue weighted by atomic mass is 10.2. The molecule has 102 valence electrons. The van der Waals surface area contributed by atoms with Crippen molar-refractivity contribution in [2.45, 2.75) is 32.8 Å². The highest BCUT2D eigenvalue weighted by molar-refractivity contribution is 7.16. The van der Waals surface area contributed by atoms with Gasteiger partial charge in [-0.05, 0) is 20.8 Å². The van der Waals surface area contributed by atoms with Gasteiger partial charge < -0.3 is 9.84 Å². The molecule has 0 unspecified atom stereocenters. The Morgan fingerprint density at radius 1 is 1.53 bits per heavy atom. The number of carboxylic acid groups (broad SMARTS) is 1. The van der Waals surface area contributed by atoms with Gasteiger partial charge in [0.1, 0.15) is 12.0 Å². The summed E-state index contributed by atoms with van der Waals surface area (Å²) in [6.45, 7) is 5.28. The van der Waals surface area contributed by atoms with Crippen LogP contribution in [0.4, 0.5) is 9.93 Å². The number of hydrogen-bond acceptors (Lipinski definition) is 5. The average molecular weight is 282 g/mol. The quantitative estimate of drug-likeness (QED) is 0.813. The lowest BCUT2D eigenvalue weighted by molar-refractivity contribution is -0.135.